The molecule has 0 saturated carbocycles. The van der Waals surface area contributed by atoms with Gasteiger partial charge in [-0.3, -0.25) is 10.1 Å². The Bertz CT molecular complexity index is 764. The number of phenols is 1. The van der Waals surface area contributed by atoms with Gasteiger partial charge in [0.1, 0.15) is 5.75 Å². The van der Waals surface area contributed by atoms with E-state index in [1.807, 2.05) is 31.2 Å². The first-order chi connectivity index (χ1) is 9.65. The number of aromatic hydroxyl groups is 1. The second kappa shape index (κ2) is 4.70. The fourth-order valence-corrected chi connectivity index (χ4v) is 2.09. The third-order valence-electron chi connectivity index (χ3n) is 3.13. The number of aryl methyl sites for hydroxylation is 1. The minimum absolute atomic E-state index is 0.0619. The van der Waals surface area contributed by atoms with Crippen molar-refractivity contribution >= 4 is 5.69 Å². The minimum atomic E-state index is 0.0619. The quantitative estimate of drug-likeness (QED) is 0.491. The van der Waals surface area contributed by atoms with Crippen LogP contribution in [-0.2, 0) is 0 Å². The zero-order valence-corrected chi connectivity index (χ0v) is 11.0. The van der Waals surface area contributed by atoms with E-state index < -0.39 is 0 Å². The van der Waals surface area contributed by atoms with Crippen LogP contribution in [0.2, 0.25) is 0 Å². The first-order valence-electron chi connectivity index (χ1n) is 6.21. The van der Waals surface area contributed by atoms with E-state index in [0.717, 1.165) is 28.2 Å². The fraction of sp³-hybridized carbons (Fsp3) is 0.0667. The average Bonchev–Trinajstić information content (AvgIpc) is 2.91. The van der Waals surface area contributed by atoms with E-state index in [1.165, 1.54) is 0 Å². The highest BCUT2D eigenvalue weighted by molar-refractivity contribution is 5.80. The van der Waals surface area contributed by atoms with Crippen LogP contribution in [0.25, 0.3) is 22.5 Å². The van der Waals surface area contributed by atoms with Crippen LogP contribution in [0.1, 0.15) is 5.69 Å². The van der Waals surface area contributed by atoms with Crippen LogP contribution >= 0.6 is 0 Å². The Morgan fingerprint density at radius 3 is 2.80 bits per heavy atom. The molecule has 2 aromatic heterocycles. The molecule has 0 aliphatic heterocycles. The van der Waals surface area contributed by atoms with Crippen LogP contribution in [0, 0.1) is 6.92 Å². The van der Waals surface area contributed by atoms with E-state index in [-0.39, 0.29) is 5.75 Å². The lowest BCUT2D eigenvalue weighted by atomic mass is 10.0. The first kappa shape index (κ1) is 12.2. The van der Waals surface area contributed by atoms with Crippen molar-refractivity contribution in [1.29, 1.82) is 0 Å². The molecule has 20 heavy (non-hydrogen) atoms. The van der Waals surface area contributed by atoms with Gasteiger partial charge in [-0.1, -0.05) is 12.1 Å². The Labute approximate surface area is 116 Å². The monoisotopic (exact) mass is 266 g/mol. The van der Waals surface area contributed by atoms with Crippen molar-refractivity contribution in [1.82, 2.24) is 15.2 Å². The summed E-state index contributed by atoms with van der Waals surface area (Å²) in [4.78, 5) is 4.48. The first-order valence-corrected chi connectivity index (χ1v) is 6.21. The number of nitrogens with one attached hydrogen (secondary N) is 1. The van der Waals surface area contributed by atoms with Gasteiger partial charge in [0.2, 0.25) is 0 Å². The molecule has 0 aliphatic rings. The number of aromatic nitrogens is 3. The maximum absolute atomic E-state index is 9.73. The predicted molar refractivity (Wildman–Crippen MR) is 78.1 cm³/mol. The highest BCUT2D eigenvalue weighted by Crippen LogP contribution is 2.32. The number of anilines is 1. The number of phenolic OH excluding ortho intramolecular Hbond substituents is 1. The molecule has 1 aromatic carbocycles. The molecule has 0 atom stereocenters. The van der Waals surface area contributed by atoms with E-state index in [9.17, 15) is 5.11 Å². The number of pyridine rings is 1. The summed E-state index contributed by atoms with van der Waals surface area (Å²) in [5.74, 6) is 0.0619. The molecule has 0 spiro atoms. The van der Waals surface area contributed by atoms with Gasteiger partial charge in [-0.15, -0.1) is 0 Å². The van der Waals surface area contributed by atoms with Crippen LogP contribution in [-0.4, -0.2) is 20.3 Å². The van der Waals surface area contributed by atoms with E-state index in [0.29, 0.717) is 5.69 Å². The van der Waals surface area contributed by atoms with Crippen molar-refractivity contribution in [3.63, 3.8) is 0 Å². The minimum Gasteiger partial charge on any atom is -0.506 e. The van der Waals surface area contributed by atoms with Gasteiger partial charge >= 0.3 is 0 Å². The number of nitrogens with zero attached hydrogens (tertiary/aromatic N) is 2. The summed E-state index contributed by atoms with van der Waals surface area (Å²) in [5.41, 5.74) is 10.3. The zero-order chi connectivity index (χ0) is 14.1. The van der Waals surface area contributed by atoms with Crippen molar-refractivity contribution in [2.45, 2.75) is 6.92 Å². The van der Waals surface area contributed by atoms with Gasteiger partial charge < -0.3 is 10.8 Å². The molecule has 5 nitrogen and oxygen atoms in total. The fourth-order valence-electron chi connectivity index (χ4n) is 2.09. The van der Waals surface area contributed by atoms with Gasteiger partial charge in [0.15, 0.2) is 0 Å². The molecule has 4 N–H and O–H groups in total. The van der Waals surface area contributed by atoms with Gasteiger partial charge in [0.05, 0.1) is 23.3 Å². The SMILES string of the molecule is Cc1cccc(-c2[nH]ncc2-c2ccc(N)c(O)c2)n1. The van der Waals surface area contributed by atoms with Crippen LogP contribution in [0.3, 0.4) is 0 Å². The average molecular weight is 266 g/mol. The van der Waals surface area contributed by atoms with Crippen molar-refractivity contribution in [2.24, 2.45) is 0 Å². The van der Waals surface area contributed by atoms with Gasteiger partial charge in [-0.25, -0.2) is 0 Å². The molecular formula is C15H14N4O. The second-order valence-electron chi connectivity index (χ2n) is 4.60. The predicted octanol–water partition coefficient (Wildman–Crippen LogP) is 2.73. The molecule has 0 radical (unpaired) electrons. The van der Waals surface area contributed by atoms with Crippen molar-refractivity contribution in [3.05, 3.63) is 48.3 Å². The molecule has 0 fully saturated rings. The van der Waals surface area contributed by atoms with E-state index in [2.05, 4.69) is 15.2 Å². The summed E-state index contributed by atoms with van der Waals surface area (Å²) in [6.45, 7) is 1.94. The Balaban J connectivity index is 2.12. The van der Waals surface area contributed by atoms with E-state index >= 15 is 0 Å². The molecule has 3 aromatic rings. The highest BCUT2D eigenvalue weighted by atomic mass is 16.3. The number of H-pyrrole nitrogens is 1. The van der Waals surface area contributed by atoms with Gasteiger partial charge in [-0.05, 0) is 36.8 Å². The van der Waals surface area contributed by atoms with Crippen LogP contribution in [0.5, 0.6) is 5.75 Å². The number of nitrogens with two attached hydrogens (primary N) is 1. The highest BCUT2D eigenvalue weighted by Gasteiger charge is 2.12. The third-order valence-corrected chi connectivity index (χ3v) is 3.13. The maximum atomic E-state index is 9.73. The summed E-state index contributed by atoms with van der Waals surface area (Å²) in [6.07, 6.45) is 1.71. The Morgan fingerprint density at radius 1 is 1.20 bits per heavy atom. The van der Waals surface area contributed by atoms with E-state index in [1.54, 1.807) is 18.3 Å². The number of aromatic amines is 1. The van der Waals surface area contributed by atoms with Crippen LogP contribution in [0.15, 0.2) is 42.6 Å². The molecule has 0 unspecified atom stereocenters. The topological polar surface area (TPSA) is 87.8 Å². The Kier molecular flexibility index (Phi) is 2.87. The smallest absolute Gasteiger partial charge is 0.139 e. The van der Waals surface area contributed by atoms with Crippen LogP contribution < -0.4 is 5.73 Å². The molecule has 0 amide bonds. The lowest BCUT2D eigenvalue weighted by molar-refractivity contribution is 0.478. The molecule has 0 aliphatic carbocycles. The van der Waals surface area contributed by atoms with Gasteiger partial charge in [0, 0.05) is 11.3 Å². The Morgan fingerprint density at radius 2 is 2.05 bits per heavy atom. The third kappa shape index (κ3) is 2.09. The molecule has 0 saturated heterocycles. The summed E-state index contributed by atoms with van der Waals surface area (Å²) in [6, 6.07) is 10.9. The summed E-state index contributed by atoms with van der Waals surface area (Å²) >= 11 is 0. The summed E-state index contributed by atoms with van der Waals surface area (Å²) < 4.78 is 0. The van der Waals surface area contributed by atoms with Gasteiger partial charge in [0.25, 0.3) is 0 Å². The molecule has 5 heteroatoms. The summed E-state index contributed by atoms with van der Waals surface area (Å²) in [7, 11) is 0. The maximum Gasteiger partial charge on any atom is 0.139 e. The van der Waals surface area contributed by atoms with Crippen molar-refractivity contribution < 1.29 is 5.11 Å². The standard InChI is InChI=1S/C15H14N4O/c1-9-3-2-4-13(18-9)15-11(8-17-19-15)10-5-6-12(16)14(20)7-10/h2-8,20H,16H2,1H3,(H,17,19). The number of rotatable bonds is 2. The number of hydrogen-bond acceptors (Lipinski definition) is 4. The Hall–Kier alpha value is -2.82. The zero-order valence-electron chi connectivity index (χ0n) is 11.0. The molecule has 100 valence electrons. The van der Waals surface area contributed by atoms with Gasteiger partial charge in [-0.2, -0.15) is 5.10 Å². The largest absolute Gasteiger partial charge is 0.506 e. The summed E-state index contributed by atoms with van der Waals surface area (Å²) in [5, 5.41) is 16.8. The van der Waals surface area contributed by atoms with E-state index in [4.69, 9.17) is 5.73 Å². The second-order valence-corrected chi connectivity index (χ2v) is 4.60. The van der Waals surface area contributed by atoms with Crippen molar-refractivity contribution in [3.8, 4) is 28.3 Å². The normalized spacial score (nSPS) is 10.7. The van der Waals surface area contributed by atoms with Crippen molar-refractivity contribution in [2.75, 3.05) is 5.73 Å². The van der Waals surface area contributed by atoms with Crippen LogP contribution in [0.4, 0.5) is 5.69 Å². The molecule has 3 rings (SSSR count). The lowest BCUT2D eigenvalue weighted by Gasteiger charge is -2.05. The lowest BCUT2D eigenvalue weighted by Crippen LogP contribution is -1.90. The molecular weight excluding hydrogens is 252 g/mol. The number of benzene rings is 1. The number of hydrogen-bond donors (Lipinski definition) is 3. The molecule has 2 heterocycles. The number of nitrogen functional groups attached to an aromatic ring is 1. The molecule has 0 bridgehead atoms.